The van der Waals surface area contributed by atoms with E-state index < -0.39 is 5.97 Å². The summed E-state index contributed by atoms with van der Waals surface area (Å²) in [6.45, 7) is 0. The minimum atomic E-state index is -1.01. The number of halogens is 1. The number of anilines is 1. The van der Waals surface area contributed by atoms with Crippen molar-refractivity contribution < 1.29 is 14.6 Å². The van der Waals surface area contributed by atoms with E-state index in [-0.39, 0.29) is 5.56 Å². The third-order valence-electron chi connectivity index (χ3n) is 3.49. The molecule has 130 valence electrons. The SMILES string of the molecule is O=C(O)c1ccccc1NN=Cc1ccc(Oc2ccc(Cl)cc2)cc1. The average Bonchev–Trinajstić information content (AvgIpc) is 2.65. The van der Waals surface area contributed by atoms with Gasteiger partial charge >= 0.3 is 5.97 Å². The Labute approximate surface area is 155 Å². The Morgan fingerprint density at radius 2 is 1.58 bits per heavy atom. The molecule has 26 heavy (non-hydrogen) atoms. The number of nitrogens with zero attached hydrogens (tertiary/aromatic N) is 1. The fraction of sp³-hybridized carbons (Fsp3) is 0. The number of para-hydroxylation sites is 1. The fourth-order valence-electron chi connectivity index (χ4n) is 2.20. The van der Waals surface area contributed by atoms with Gasteiger partial charge in [0, 0.05) is 5.02 Å². The lowest BCUT2D eigenvalue weighted by Crippen LogP contribution is -2.02. The maximum atomic E-state index is 11.1. The van der Waals surface area contributed by atoms with E-state index >= 15 is 0 Å². The van der Waals surface area contributed by atoms with Gasteiger partial charge in [-0.15, -0.1) is 0 Å². The predicted molar refractivity (Wildman–Crippen MR) is 103 cm³/mol. The molecule has 0 unspecified atom stereocenters. The number of hydrazone groups is 1. The van der Waals surface area contributed by atoms with Gasteiger partial charge in [-0.05, 0) is 66.2 Å². The Morgan fingerprint density at radius 1 is 0.962 bits per heavy atom. The molecule has 0 aromatic heterocycles. The van der Waals surface area contributed by atoms with Crippen LogP contribution in [-0.2, 0) is 0 Å². The number of hydrogen-bond donors (Lipinski definition) is 2. The standard InChI is InChI=1S/C20H15ClN2O3/c21-15-7-11-17(12-8-15)26-16-9-5-14(6-10-16)13-22-23-19-4-2-1-3-18(19)20(24)25/h1-13,23H,(H,24,25). The van der Waals surface area contributed by atoms with E-state index in [2.05, 4.69) is 10.5 Å². The third kappa shape index (κ3) is 4.62. The van der Waals surface area contributed by atoms with Gasteiger partial charge in [-0.25, -0.2) is 4.79 Å². The molecule has 2 N–H and O–H groups in total. The zero-order valence-corrected chi connectivity index (χ0v) is 14.4. The molecule has 0 saturated heterocycles. The van der Waals surface area contributed by atoms with E-state index in [4.69, 9.17) is 21.4 Å². The minimum absolute atomic E-state index is 0.163. The van der Waals surface area contributed by atoms with Gasteiger partial charge < -0.3 is 9.84 Å². The summed E-state index contributed by atoms with van der Waals surface area (Å²) >= 11 is 5.85. The molecule has 5 nitrogen and oxygen atoms in total. The second-order valence-corrected chi connectivity index (χ2v) is 5.78. The molecule has 0 bridgehead atoms. The van der Waals surface area contributed by atoms with Crippen LogP contribution in [0.25, 0.3) is 0 Å². The molecule has 0 spiro atoms. The number of carboxylic acid groups (broad SMARTS) is 1. The summed E-state index contributed by atoms with van der Waals surface area (Å²) in [5, 5.41) is 13.9. The van der Waals surface area contributed by atoms with Crippen molar-refractivity contribution in [3.63, 3.8) is 0 Å². The van der Waals surface area contributed by atoms with Crippen molar-refractivity contribution in [2.24, 2.45) is 5.10 Å². The van der Waals surface area contributed by atoms with E-state index in [1.54, 1.807) is 48.7 Å². The fourth-order valence-corrected chi connectivity index (χ4v) is 2.33. The first kappa shape index (κ1) is 17.5. The highest BCUT2D eigenvalue weighted by Gasteiger charge is 2.07. The Morgan fingerprint density at radius 3 is 2.23 bits per heavy atom. The number of carbonyl (C=O) groups is 1. The number of ether oxygens (including phenoxy) is 1. The van der Waals surface area contributed by atoms with Gasteiger partial charge in [0.05, 0.1) is 17.5 Å². The first-order chi connectivity index (χ1) is 12.6. The van der Waals surface area contributed by atoms with E-state index in [0.717, 1.165) is 5.56 Å². The number of carboxylic acids is 1. The van der Waals surface area contributed by atoms with Crippen molar-refractivity contribution in [1.29, 1.82) is 0 Å². The summed E-state index contributed by atoms with van der Waals surface area (Å²) in [6, 6.07) is 21.0. The number of hydrogen-bond acceptors (Lipinski definition) is 4. The maximum Gasteiger partial charge on any atom is 0.337 e. The monoisotopic (exact) mass is 366 g/mol. The molecule has 3 aromatic carbocycles. The van der Waals surface area contributed by atoms with E-state index in [9.17, 15) is 4.79 Å². The third-order valence-corrected chi connectivity index (χ3v) is 3.74. The van der Waals surface area contributed by atoms with Crippen LogP contribution in [-0.4, -0.2) is 17.3 Å². The zero-order chi connectivity index (χ0) is 18.4. The quantitative estimate of drug-likeness (QED) is 0.460. The van der Waals surface area contributed by atoms with Gasteiger partial charge in [-0.1, -0.05) is 23.7 Å². The number of aromatic carboxylic acids is 1. The topological polar surface area (TPSA) is 70.9 Å². The van der Waals surface area contributed by atoms with Crippen molar-refractivity contribution >= 4 is 29.5 Å². The van der Waals surface area contributed by atoms with Crippen molar-refractivity contribution in [2.75, 3.05) is 5.43 Å². The molecule has 0 aliphatic heterocycles. The Kier molecular flexibility index (Phi) is 5.51. The molecule has 3 aromatic rings. The van der Waals surface area contributed by atoms with Crippen LogP contribution in [0.5, 0.6) is 11.5 Å². The number of rotatable bonds is 6. The first-order valence-corrected chi connectivity index (χ1v) is 8.14. The van der Waals surface area contributed by atoms with Crippen LogP contribution >= 0.6 is 11.6 Å². The molecular formula is C20H15ClN2O3. The molecule has 0 aliphatic rings. The second kappa shape index (κ2) is 8.18. The second-order valence-electron chi connectivity index (χ2n) is 5.35. The molecule has 0 aliphatic carbocycles. The first-order valence-electron chi connectivity index (χ1n) is 7.77. The Bertz CT molecular complexity index is 923. The van der Waals surface area contributed by atoms with Gasteiger partial charge in [0.2, 0.25) is 0 Å². The van der Waals surface area contributed by atoms with E-state index in [1.165, 1.54) is 6.07 Å². The highest BCUT2D eigenvalue weighted by Crippen LogP contribution is 2.23. The van der Waals surface area contributed by atoms with Crippen molar-refractivity contribution in [3.8, 4) is 11.5 Å². The minimum Gasteiger partial charge on any atom is -0.478 e. The molecule has 0 radical (unpaired) electrons. The maximum absolute atomic E-state index is 11.1. The molecule has 6 heteroatoms. The average molecular weight is 367 g/mol. The van der Waals surface area contributed by atoms with Crippen LogP contribution in [0.2, 0.25) is 5.02 Å². The molecule has 0 saturated carbocycles. The normalized spacial score (nSPS) is 10.7. The van der Waals surface area contributed by atoms with Crippen LogP contribution < -0.4 is 10.2 Å². The lowest BCUT2D eigenvalue weighted by molar-refractivity contribution is 0.0698. The summed E-state index contributed by atoms with van der Waals surface area (Å²) in [6.07, 6.45) is 1.60. The molecule has 0 fully saturated rings. The summed E-state index contributed by atoms with van der Waals surface area (Å²) < 4.78 is 5.72. The smallest absolute Gasteiger partial charge is 0.337 e. The number of benzene rings is 3. The Hall–Kier alpha value is -3.31. The zero-order valence-electron chi connectivity index (χ0n) is 13.6. The van der Waals surface area contributed by atoms with Gasteiger partial charge in [-0.3, -0.25) is 5.43 Å². The highest BCUT2D eigenvalue weighted by atomic mass is 35.5. The van der Waals surface area contributed by atoms with Crippen LogP contribution in [0.4, 0.5) is 5.69 Å². The molecule has 0 heterocycles. The van der Waals surface area contributed by atoms with E-state index in [0.29, 0.717) is 22.2 Å². The Balaban J connectivity index is 1.63. The van der Waals surface area contributed by atoms with Gasteiger partial charge in [-0.2, -0.15) is 5.10 Å². The van der Waals surface area contributed by atoms with Crippen LogP contribution in [0.1, 0.15) is 15.9 Å². The summed E-state index contributed by atoms with van der Waals surface area (Å²) in [4.78, 5) is 11.1. The van der Waals surface area contributed by atoms with Gasteiger partial charge in [0.15, 0.2) is 0 Å². The van der Waals surface area contributed by atoms with Crippen molar-refractivity contribution in [1.82, 2.24) is 0 Å². The predicted octanol–water partition coefficient (Wildman–Crippen LogP) is 5.28. The van der Waals surface area contributed by atoms with Crippen LogP contribution in [0.15, 0.2) is 77.9 Å². The van der Waals surface area contributed by atoms with E-state index in [1.807, 2.05) is 24.3 Å². The summed E-state index contributed by atoms with van der Waals surface area (Å²) in [5.41, 5.74) is 4.18. The highest BCUT2D eigenvalue weighted by molar-refractivity contribution is 6.30. The van der Waals surface area contributed by atoms with Gasteiger partial charge in [0.1, 0.15) is 11.5 Å². The van der Waals surface area contributed by atoms with Crippen LogP contribution in [0.3, 0.4) is 0 Å². The number of nitrogens with one attached hydrogen (secondary N) is 1. The lowest BCUT2D eigenvalue weighted by atomic mass is 10.2. The molecular weight excluding hydrogens is 352 g/mol. The molecule has 0 amide bonds. The largest absolute Gasteiger partial charge is 0.478 e. The molecule has 0 atom stereocenters. The van der Waals surface area contributed by atoms with Crippen molar-refractivity contribution in [2.45, 2.75) is 0 Å². The van der Waals surface area contributed by atoms with Gasteiger partial charge in [0.25, 0.3) is 0 Å². The lowest BCUT2D eigenvalue weighted by Gasteiger charge is -2.06. The molecule has 3 rings (SSSR count). The van der Waals surface area contributed by atoms with Crippen LogP contribution in [0, 0.1) is 0 Å². The van der Waals surface area contributed by atoms with Crippen molar-refractivity contribution in [3.05, 3.63) is 88.9 Å². The summed E-state index contributed by atoms with van der Waals surface area (Å²) in [5.74, 6) is 0.378. The summed E-state index contributed by atoms with van der Waals surface area (Å²) in [7, 11) is 0.